The zero-order chi connectivity index (χ0) is 16.5. The number of hydrogen-bond acceptors (Lipinski definition) is 5. The predicted octanol–water partition coefficient (Wildman–Crippen LogP) is 1.43. The highest BCUT2D eigenvalue weighted by molar-refractivity contribution is 5.75. The van der Waals surface area contributed by atoms with Gasteiger partial charge < -0.3 is 10.2 Å². The largest absolute Gasteiger partial charge is 0.380 e. The highest BCUT2D eigenvalue weighted by Gasteiger charge is 2.30. The van der Waals surface area contributed by atoms with Gasteiger partial charge in [-0.25, -0.2) is 0 Å². The molecule has 1 aliphatic carbocycles. The lowest BCUT2D eigenvalue weighted by Gasteiger charge is -2.37. The van der Waals surface area contributed by atoms with Gasteiger partial charge in [0.2, 0.25) is 0 Å². The Morgan fingerprint density at radius 3 is 2.33 bits per heavy atom. The van der Waals surface area contributed by atoms with Crippen molar-refractivity contribution >= 4 is 11.4 Å². The second-order valence-corrected chi connectivity index (χ2v) is 6.95. The molecule has 2 fully saturated rings. The van der Waals surface area contributed by atoms with Gasteiger partial charge in [0, 0.05) is 39.3 Å². The highest BCUT2D eigenvalue weighted by Crippen LogP contribution is 2.30. The summed E-state index contributed by atoms with van der Waals surface area (Å²) in [5, 5.41) is 3.21. The van der Waals surface area contributed by atoms with Gasteiger partial charge in [-0.1, -0.05) is 30.3 Å². The first kappa shape index (κ1) is 15.4. The van der Waals surface area contributed by atoms with Gasteiger partial charge in [-0.15, -0.1) is 0 Å². The maximum absolute atomic E-state index is 12.0. The molecule has 1 saturated carbocycles. The van der Waals surface area contributed by atoms with Crippen LogP contribution in [0.25, 0.3) is 0 Å². The summed E-state index contributed by atoms with van der Waals surface area (Å²) in [5.74, 6) is 0.685. The number of benzene rings is 1. The third-order valence-corrected chi connectivity index (χ3v) is 5.09. The standard InChI is InChI=1S/C19H23N3O2/c23-18-16(20-12-14-6-7-14)17(19(18)24)22-10-8-21(9-11-22)13-15-4-2-1-3-5-15/h1-5,14,20H,6-13H2. The first-order valence-electron chi connectivity index (χ1n) is 8.81. The van der Waals surface area contributed by atoms with E-state index in [1.54, 1.807) is 0 Å². The van der Waals surface area contributed by atoms with Crippen molar-refractivity contribution in [3.8, 4) is 0 Å². The van der Waals surface area contributed by atoms with Gasteiger partial charge in [0.15, 0.2) is 0 Å². The average molecular weight is 325 g/mol. The Bertz CT molecular complexity index is 768. The van der Waals surface area contributed by atoms with Crippen LogP contribution in [0.5, 0.6) is 0 Å². The van der Waals surface area contributed by atoms with Crippen LogP contribution in [0.1, 0.15) is 18.4 Å². The molecule has 0 amide bonds. The van der Waals surface area contributed by atoms with E-state index in [1.807, 2.05) is 6.07 Å². The van der Waals surface area contributed by atoms with Gasteiger partial charge in [0.05, 0.1) is 0 Å². The molecule has 2 aliphatic rings. The predicted molar refractivity (Wildman–Crippen MR) is 96.5 cm³/mol. The van der Waals surface area contributed by atoms with Crippen LogP contribution in [0, 0.1) is 5.92 Å². The topological polar surface area (TPSA) is 52.7 Å². The van der Waals surface area contributed by atoms with Crippen molar-refractivity contribution in [3.05, 3.63) is 56.3 Å². The Morgan fingerprint density at radius 1 is 0.958 bits per heavy atom. The van der Waals surface area contributed by atoms with Crippen LogP contribution in [0.3, 0.4) is 0 Å². The van der Waals surface area contributed by atoms with Gasteiger partial charge in [0.25, 0.3) is 10.9 Å². The molecule has 1 N–H and O–H groups in total. The van der Waals surface area contributed by atoms with Crippen molar-refractivity contribution in [2.75, 3.05) is 42.9 Å². The van der Waals surface area contributed by atoms with Gasteiger partial charge in [-0.2, -0.15) is 0 Å². The summed E-state index contributed by atoms with van der Waals surface area (Å²) in [6, 6.07) is 10.4. The lowest BCUT2D eigenvalue weighted by Crippen LogP contribution is -2.51. The number of hydrogen-bond donors (Lipinski definition) is 1. The smallest absolute Gasteiger partial charge is 0.253 e. The molecule has 2 aromatic rings. The highest BCUT2D eigenvalue weighted by atomic mass is 16.2. The van der Waals surface area contributed by atoms with E-state index in [-0.39, 0.29) is 10.9 Å². The van der Waals surface area contributed by atoms with Crippen molar-refractivity contribution in [1.82, 2.24) is 4.90 Å². The first-order chi connectivity index (χ1) is 11.7. The summed E-state index contributed by atoms with van der Waals surface area (Å²) in [7, 11) is 0. The van der Waals surface area contributed by atoms with Crippen molar-refractivity contribution in [3.63, 3.8) is 0 Å². The van der Waals surface area contributed by atoms with Crippen molar-refractivity contribution in [2.45, 2.75) is 19.4 Å². The van der Waals surface area contributed by atoms with E-state index in [0.29, 0.717) is 17.3 Å². The molecular formula is C19H23N3O2. The number of anilines is 2. The average Bonchev–Trinajstić information content (AvgIpc) is 3.44. The Labute approximate surface area is 141 Å². The fourth-order valence-electron chi connectivity index (χ4n) is 3.38. The van der Waals surface area contributed by atoms with E-state index in [0.717, 1.165) is 39.3 Å². The summed E-state index contributed by atoms with van der Waals surface area (Å²) in [5.41, 5.74) is 1.84. The molecule has 0 radical (unpaired) electrons. The molecular weight excluding hydrogens is 302 g/mol. The van der Waals surface area contributed by atoms with Crippen molar-refractivity contribution in [2.24, 2.45) is 5.92 Å². The maximum Gasteiger partial charge on any atom is 0.253 e. The molecule has 5 heteroatoms. The molecule has 0 spiro atoms. The summed E-state index contributed by atoms with van der Waals surface area (Å²) in [4.78, 5) is 28.3. The lowest BCUT2D eigenvalue weighted by molar-refractivity contribution is 0.249. The first-order valence-corrected chi connectivity index (χ1v) is 8.81. The summed E-state index contributed by atoms with van der Waals surface area (Å²) in [6.45, 7) is 5.19. The second-order valence-electron chi connectivity index (χ2n) is 6.95. The molecule has 4 rings (SSSR count). The quantitative estimate of drug-likeness (QED) is 0.814. The fraction of sp³-hybridized carbons (Fsp3) is 0.474. The van der Waals surface area contributed by atoms with Gasteiger partial charge in [0.1, 0.15) is 11.4 Å². The minimum Gasteiger partial charge on any atom is -0.380 e. The molecule has 0 bridgehead atoms. The van der Waals surface area contributed by atoms with E-state index >= 15 is 0 Å². The molecule has 2 aromatic carbocycles. The number of piperazine rings is 1. The zero-order valence-corrected chi connectivity index (χ0v) is 13.8. The van der Waals surface area contributed by atoms with Gasteiger partial charge >= 0.3 is 0 Å². The van der Waals surface area contributed by atoms with E-state index in [9.17, 15) is 9.59 Å². The summed E-state index contributed by atoms with van der Waals surface area (Å²) in [6.07, 6.45) is 2.46. The summed E-state index contributed by atoms with van der Waals surface area (Å²) >= 11 is 0. The molecule has 24 heavy (non-hydrogen) atoms. The zero-order valence-electron chi connectivity index (χ0n) is 13.8. The number of nitrogens with one attached hydrogen (secondary N) is 1. The second kappa shape index (κ2) is 6.40. The van der Waals surface area contributed by atoms with Crippen molar-refractivity contribution in [1.29, 1.82) is 0 Å². The lowest BCUT2D eigenvalue weighted by atomic mass is 10.1. The van der Waals surface area contributed by atoms with Crippen LogP contribution in [0.2, 0.25) is 0 Å². The Morgan fingerprint density at radius 2 is 1.67 bits per heavy atom. The van der Waals surface area contributed by atoms with Crippen LogP contribution >= 0.6 is 0 Å². The van der Waals surface area contributed by atoms with Gasteiger partial charge in [-0.3, -0.25) is 14.5 Å². The molecule has 1 aliphatic heterocycles. The Balaban J connectivity index is 1.36. The van der Waals surface area contributed by atoms with E-state index < -0.39 is 0 Å². The SMILES string of the molecule is O=c1c(NCC2CC2)c(N2CCN(Cc3ccccc3)CC2)c1=O. The molecule has 1 saturated heterocycles. The molecule has 5 nitrogen and oxygen atoms in total. The van der Waals surface area contributed by atoms with E-state index in [1.165, 1.54) is 18.4 Å². The molecule has 0 aromatic heterocycles. The molecule has 0 unspecified atom stereocenters. The van der Waals surface area contributed by atoms with E-state index in [2.05, 4.69) is 39.4 Å². The minimum atomic E-state index is -0.336. The number of nitrogens with zero attached hydrogens (tertiary/aromatic N) is 2. The number of rotatable bonds is 6. The fourth-order valence-corrected chi connectivity index (χ4v) is 3.38. The van der Waals surface area contributed by atoms with Crippen LogP contribution in [-0.4, -0.2) is 37.6 Å². The normalized spacial score (nSPS) is 18.9. The molecule has 1 heterocycles. The third kappa shape index (κ3) is 3.08. The molecule has 0 atom stereocenters. The summed E-state index contributed by atoms with van der Waals surface area (Å²) < 4.78 is 0. The van der Waals surface area contributed by atoms with Gasteiger partial charge in [-0.05, 0) is 24.3 Å². The van der Waals surface area contributed by atoms with Crippen LogP contribution in [0.4, 0.5) is 11.4 Å². The van der Waals surface area contributed by atoms with Crippen LogP contribution in [-0.2, 0) is 6.54 Å². The van der Waals surface area contributed by atoms with E-state index in [4.69, 9.17) is 0 Å². The van der Waals surface area contributed by atoms with Crippen molar-refractivity contribution < 1.29 is 0 Å². The van der Waals surface area contributed by atoms with Crippen LogP contribution in [0.15, 0.2) is 39.9 Å². The monoisotopic (exact) mass is 325 g/mol. The minimum absolute atomic E-state index is 0.315. The Kier molecular flexibility index (Phi) is 4.10. The third-order valence-electron chi connectivity index (χ3n) is 5.09. The Hall–Kier alpha value is -2.14. The molecule has 126 valence electrons. The maximum atomic E-state index is 12.0. The van der Waals surface area contributed by atoms with Crippen LogP contribution < -0.4 is 21.1 Å².